The molecule has 5 nitrogen and oxygen atoms in total. The summed E-state index contributed by atoms with van der Waals surface area (Å²) in [5.41, 5.74) is 5.90. The number of carboxylic acid groups (broad SMARTS) is 1. The minimum absolute atomic E-state index is 0.265. The molecule has 1 aliphatic rings. The van der Waals surface area contributed by atoms with Crippen molar-refractivity contribution in [3.63, 3.8) is 0 Å². The smallest absolute Gasteiger partial charge is 0.338 e. The summed E-state index contributed by atoms with van der Waals surface area (Å²) in [5, 5.41) is 12.9. The summed E-state index contributed by atoms with van der Waals surface area (Å²) in [6.45, 7) is 0.756. The van der Waals surface area contributed by atoms with Crippen LogP contribution in [0.25, 0.3) is 0 Å². The number of aromatic nitrogens is 2. The molecule has 1 heterocycles. The molecule has 1 aromatic rings. The van der Waals surface area contributed by atoms with Crippen LogP contribution >= 0.6 is 0 Å². The van der Waals surface area contributed by atoms with Gasteiger partial charge in [-0.15, -0.1) is 0 Å². The number of nitrogens with zero attached hydrogens (tertiary/aromatic N) is 2. The van der Waals surface area contributed by atoms with Gasteiger partial charge in [-0.2, -0.15) is 5.10 Å². The molecule has 1 fully saturated rings. The highest BCUT2D eigenvalue weighted by Crippen LogP contribution is 2.31. The molecule has 0 spiro atoms. The van der Waals surface area contributed by atoms with E-state index in [0.29, 0.717) is 12.0 Å². The van der Waals surface area contributed by atoms with Crippen molar-refractivity contribution < 1.29 is 9.90 Å². The lowest BCUT2D eigenvalue weighted by atomic mass is 9.86. The van der Waals surface area contributed by atoms with E-state index in [1.165, 1.54) is 6.20 Å². The van der Waals surface area contributed by atoms with Gasteiger partial charge in [-0.05, 0) is 38.1 Å². The summed E-state index contributed by atoms with van der Waals surface area (Å²) >= 11 is 0. The Morgan fingerprint density at radius 1 is 1.50 bits per heavy atom. The molecule has 0 atom stereocenters. The van der Waals surface area contributed by atoms with Crippen molar-refractivity contribution in [2.45, 2.75) is 31.7 Å². The molecule has 1 aliphatic carbocycles. The number of hydrogen-bond acceptors (Lipinski definition) is 3. The van der Waals surface area contributed by atoms with Crippen LogP contribution in [-0.4, -0.2) is 27.4 Å². The quantitative estimate of drug-likeness (QED) is 0.808. The van der Waals surface area contributed by atoms with Gasteiger partial charge in [0.05, 0.1) is 17.8 Å². The van der Waals surface area contributed by atoms with Crippen LogP contribution in [0.5, 0.6) is 0 Å². The van der Waals surface area contributed by atoms with E-state index in [2.05, 4.69) is 5.10 Å². The fourth-order valence-electron chi connectivity index (χ4n) is 2.29. The van der Waals surface area contributed by atoms with E-state index in [-0.39, 0.29) is 5.56 Å². The maximum atomic E-state index is 10.7. The van der Waals surface area contributed by atoms with Crippen LogP contribution in [0.1, 0.15) is 42.1 Å². The molecular formula is C11H17N3O2. The molecule has 0 aliphatic heterocycles. The molecule has 1 aromatic heterocycles. The molecule has 0 amide bonds. The van der Waals surface area contributed by atoms with Crippen LogP contribution in [0, 0.1) is 5.92 Å². The fraction of sp³-hybridized carbons (Fsp3) is 0.636. The number of carbonyl (C=O) groups is 1. The van der Waals surface area contributed by atoms with Crippen LogP contribution in [0.4, 0.5) is 0 Å². The maximum absolute atomic E-state index is 10.7. The van der Waals surface area contributed by atoms with Gasteiger partial charge < -0.3 is 10.8 Å². The van der Waals surface area contributed by atoms with E-state index >= 15 is 0 Å². The van der Waals surface area contributed by atoms with Crippen molar-refractivity contribution in [2.24, 2.45) is 11.7 Å². The molecule has 0 aromatic carbocycles. The summed E-state index contributed by atoms with van der Waals surface area (Å²) in [5.74, 6) is -0.285. The zero-order chi connectivity index (χ0) is 11.5. The highest BCUT2D eigenvalue weighted by molar-refractivity contribution is 5.86. The molecule has 0 unspecified atom stereocenters. The predicted octanol–water partition coefficient (Wildman–Crippen LogP) is 1.27. The normalized spacial score (nSPS) is 25.6. The van der Waals surface area contributed by atoms with Gasteiger partial charge in [0.1, 0.15) is 0 Å². The zero-order valence-electron chi connectivity index (χ0n) is 9.17. The second-order valence-electron chi connectivity index (χ2n) is 4.42. The number of nitrogens with two attached hydrogens (primary N) is 1. The van der Waals surface area contributed by atoms with Crippen molar-refractivity contribution in [3.05, 3.63) is 18.0 Å². The highest BCUT2D eigenvalue weighted by atomic mass is 16.4. The largest absolute Gasteiger partial charge is 0.478 e. The van der Waals surface area contributed by atoms with Crippen molar-refractivity contribution >= 4 is 5.97 Å². The van der Waals surface area contributed by atoms with Crippen LogP contribution < -0.4 is 5.73 Å². The van der Waals surface area contributed by atoms with E-state index in [1.54, 1.807) is 10.9 Å². The zero-order valence-corrected chi connectivity index (χ0v) is 9.17. The summed E-state index contributed by atoms with van der Waals surface area (Å²) < 4.78 is 1.79. The Kier molecular flexibility index (Phi) is 3.24. The summed E-state index contributed by atoms with van der Waals surface area (Å²) in [7, 11) is 0. The second kappa shape index (κ2) is 4.65. The maximum Gasteiger partial charge on any atom is 0.338 e. The summed E-state index contributed by atoms with van der Waals surface area (Å²) in [4.78, 5) is 10.7. The molecule has 3 N–H and O–H groups in total. The van der Waals surface area contributed by atoms with Gasteiger partial charge in [0, 0.05) is 6.20 Å². The third-order valence-corrected chi connectivity index (χ3v) is 3.37. The first-order valence-electron chi connectivity index (χ1n) is 5.68. The number of rotatable bonds is 3. The van der Waals surface area contributed by atoms with Gasteiger partial charge in [0.25, 0.3) is 0 Å². The molecule has 2 rings (SSSR count). The number of carboxylic acids is 1. The Morgan fingerprint density at radius 2 is 2.19 bits per heavy atom. The average Bonchev–Trinajstić information content (AvgIpc) is 2.78. The Morgan fingerprint density at radius 3 is 2.69 bits per heavy atom. The summed E-state index contributed by atoms with van der Waals surface area (Å²) in [6.07, 6.45) is 7.35. The fourth-order valence-corrected chi connectivity index (χ4v) is 2.29. The molecule has 5 heteroatoms. The standard InChI is InChI=1S/C11H17N3O2/c12-5-8-1-3-10(4-2-8)14-7-9(6-13-14)11(15)16/h6-8,10H,1-5,12H2,(H,15,16). The van der Waals surface area contributed by atoms with Crippen molar-refractivity contribution in [1.82, 2.24) is 9.78 Å². The van der Waals surface area contributed by atoms with Gasteiger partial charge in [-0.1, -0.05) is 0 Å². The SMILES string of the molecule is NCC1CCC(n2cc(C(=O)O)cn2)CC1. The Bertz CT molecular complexity index is 367. The van der Waals surface area contributed by atoms with Crippen LogP contribution in [-0.2, 0) is 0 Å². The molecule has 16 heavy (non-hydrogen) atoms. The average molecular weight is 223 g/mol. The minimum atomic E-state index is -0.915. The van der Waals surface area contributed by atoms with Gasteiger partial charge in [-0.3, -0.25) is 4.68 Å². The molecule has 0 radical (unpaired) electrons. The highest BCUT2D eigenvalue weighted by Gasteiger charge is 2.22. The van der Waals surface area contributed by atoms with E-state index < -0.39 is 5.97 Å². The minimum Gasteiger partial charge on any atom is -0.478 e. The van der Waals surface area contributed by atoms with Crippen molar-refractivity contribution in [1.29, 1.82) is 0 Å². The van der Waals surface area contributed by atoms with E-state index in [9.17, 15) is 4.79 Å². The Labute approximate surface area is 94.2 Å². The van der Waals surface area contributed by atoms with Crippen molar-refractivity contribution in [2.75, 3.05) is 6.54 Å². The first-order valence-corrected chi connectivity index (χ1v) is 5.68. The lowest BCUT2D eigenvalue weighted by molar-refractivity contribution is 0.0696. The first kappa shape index (κ1) is 11.1. The second-order valence-corrected chi connectivity index (χ2v) is 4.42. The van der Waals surface area contributed by atoms with Gasteiger partial charge in [0.2, 0.25) is 0 Å². The monoisotopic (exact) mass is 223 g/mol. The third kappa shape index (κ3) is 2.24. The first-order chi connectivity index (χ1) is 7.70. The van der Waals surface area contributed by atoms with Crippen molar-refractivity contribution in [3.8, 4) is 0 Å². The predicted molar refractivity (Wildman–Crippen MR) is 59.2 cm³/mol. The molecule has 0 saturated heterocycles. The van der Waals surface area contributed by atoms with Crippen LogP contribution in [0.3, 0.4) is 0 Å². The molecule has 1 saturated carbocycles. The van der Waals surface area contributed by atoms with Crippen LogP contribution in [0.2, 0.25) is 0 Å². The van der Waals surface area contributed by atoms with Gasteiger partial charge >= 0.3 is 5.97 Å². The van der Waals surface area contributed by atoms with E-state index in [4.69, 9.17) is 10.8 Å². The third-order valence-electron chi connectivity index (χ3n) is 3.37. The van der Waals surface area contributed by atoms with E-state index in [0.717, 1.165) is 32.2 Å². The van der Waals surface area contributed by atoms with Gasteiger partial charge in [0.15, 0.2) is 0 Å². The molecule has 0 bridgehead atoms. The lowest BCUT2D eigenvalue weighted by Gasteiger charge is -2.27. The Balaban J connectivity index is 2.00. The number of hydrogen-bond donors (Lipinski definition) is 2. The van der Waals surface area contributed by atoms with E-state index in [1.807, 2.05) is 0 Å². The molecular weight excluding hydrogens is 206 g/mol. The molecule has 88 valence electrons. The van der Waals surface area contributed by atoms with Crippen LogP contribution in [0.15, 0.2) is 12.4 Å². The topological polar surface area (TPSA) is 81.1 Å². The lowest BCUT2D eigenvalue weighted by Crippen LogP contribution is -2.23. The Hall–Kier alpha value is -1.36. The summed E-state index contributed by atoms with van der Waals surface area (Å²) in [6, 6.07) is 0.343. The number of aromatic carboxylic acids is 1. The van der Waals surface area contributed by atoms with Gasteiger partial charge in [-0.25, -0.2) is 4.79 Å².